The predicted octanol–water partition coefficient (Wildman–Crippen LogP) is 4.76. The van der Waals surface area contributed by atoms with E-state index in [1.165, 1.54) is 22.0 Å². The molecule has 144 valence electrons. The minimum Gasteiger partial charge on any atom is -0.444 e. The fourth-order valence-electron chi connectivity index (χ4n) is 4.19. The molecule has 5 nitrogen and oxygen atoms in total. The number of amides is 1. The van der Waals surface area contributed by atoms with Gasteiger partial charge in [-0.2, -0.15) is 0 Å². The molecule has 27 heavy (non-hydrogen) atoms. The number of hydrogen-bond acceptors (Lipinski definition) is 4. The van der Waals surface area contributed by atoms with Crippen LogP contribution in [0.1, 0.15) is 39.2 Å². The minimum absolute atomic E-state index is 0.201. The third-order valence-electron chi connectivity index (χ3n) is 5.30. The summed E-state index contributed by atoms with van der Waals surface area (Å²) in [5.74, 6) is 0. The number of halogens is 1. The van der Waals surface area contributed by atoms with Gasteiger partial charge in [0, 0.05) is 59.0 Å². The molecule has 6 heteroatoms. The van der Waals surface area contributed by atoms with E-state index in [4.69, 9.17) is 4.74 Å². The van der Waals surface area contributed by atoms with Gasteiger partial charge < -0.3 is 14.5 Å². The van der Waals surface area contributed by atoms with Gasteiger partial charge >= 0.3 is 6.09 Å². The summed E-state index contributed by atoms with van der Waals surface area (Å²) < 4.78 is 6.66. The van der Waals surface area contributed by atoms with Gasteiger partial charge in [0.1, 0.15) is 5.60 Å². The summed E-state index contributed by atoms with van der Waals surface area (Å²) in [6.07, 6.45) is 6.81. The summed E-state index contributed by atoms with van der Waals surface area (Å²) in [7, 11) is 0. The topological polar surface area (TPSA) is 45.7 Å². The van der Waals surface area contributed by atoms with Crippen LogP contribution in [0.3, 0.4) is 0 Å². The molecule has 1 aromatic carbocycles. The number of piperidine rings is 1. The van der Waals surface area contributed by atoms with Crippen LogP contribution in [-0.2, 0) is 11.2 Å². The van der Waals surface area contributed by atoms with E-state index in [1.807, 2.05) is 38.1 Å². The van der Waals surface area contributed by atoms with E-state index in [1.54, 1.807) is 0 Å². The number of rotatable bonds is 1. The zero-order valence-corrected chi connectivity index (χ0v) is 17.8. The highest BCUT2D eigenvalue weighted by Gasteiger charge is 2.32. The van der Waals surface area contributed by atoms with Crippen molar-refractivity contribution in [1.82, 2.24) is 9.88 Å². The smallest absolute Gasteiger partial charge is 0.410 e. The normalized spacial score (nSPS) is 20.1. The molecule has 0 N–H and O–H groups in total. The lowest BCUT2D eigenvalue weighted by atomic mass is 9.95. The molecular weight excluding hydrogens is 406 g/mol. The molecule has 1 amide bonds. The molecule has 1 unspecified atom stereocenters. The number of ether oxygens (including phenoxy) is 1. The highest BCUT2D eigenvalue weighted by molar-refractivity contribution is 9.10. The van der Waals surface area contributed by atoms with Crippen molar-refractivity contribution in [2.24, 2.45) is 0 Å². The Morgan fingerprint density at radius 1 is 1.26 bits per heavy atom. The van der Waals surface area contributed by atoms with Gasteiger partial charge in [0.15, 0.2) is 0 Å². The molecule has 2 aliphatic heterocycles. The van der Waals surface area contributed by atoms with Crippen molar-refractivity contribution in [2.45, 2.75) is 51.7 Å². The Morgan fingerprint density at radius 3 is 2.85 bits per heavy atom. The number of carbonyl (C=O) groups is 1. The van der Waals surface area contributed by atoms with Gasteiger partial charge in [-0.1, -0.05) is 15.9 Å². The lowest BCUT2D eigenvalue weighted by Crippen LogP contribution is -2.52. The maximum Gasteiger partial charge on any atom is 0.410 e. The highest BCUT2D eigenvalue weighted by atomic mass is 79.9. The van der Waals surface area contributed by atoms with Crippen LogP contribution in [0.15, 0.2) is 29.0 Å². The summed E-state index contributed by atoms with van der Waals surface area (Å²) >= 11 is 3.65. The van der Waals surface area contributed by atoms with Crippen molar-refractivity contribution in [3.05, 3.63) is 34.6 Å². The predicted molar refractivity (Wildman–Crippen MR) is 111 cm³/mol. The van der Waals surface area contributed by atoms with Crippen molar-refractivity contribution >= 4 is 38.5 Å². The van der Waals surface area contributed by atoms with E-state index in [-0.39, 0.29) is 6.09 Å². The van der Waals surface area contributed by atoms with E-state index in [0.29, 0.717) is 12.6 Å². The molecular formula is C21H26BrN3O2. The van der Waals surface area contributed by atoms with Crippen molar-refractivity contribution in [2.75, 3.05) is 24.5 Å². The molecule has 0 aliphatic carbocycles. The molecule has 1 fully saturated rings. The third-order valence-corrected chi connectivity index (χ3v) is 5.76. The molecule has 0 spiro atoms. The zero-order chi connectivity index (χ0) is 19.2. The molecule has 4 rings (SSSR count). The largest absolute Gasteiger partial charge is 0.444 e. The van der Waals surface area contributed by atoms with Gasteiger partial charge in [-0.05, 0) is 57.7 Å². The Bertz CT molecular complexity index is 878. The molecule has 1 atom stereocenters. The lowest BCUT2D eigenvalue weighted by Gasteiger charge is -2.43. The van der Waals surface area contributed by atoms with Crippen molar-refractivity contribution < 1.29 is 9.53 Å². The Labute approximate surface area is 168 Å². The van der Waals surface area contributed by atoms with Gasteiger partial charge in [0.2, 0.25) is 0 Å². The van der Waals surface area contributed by atoms with Crippen LogP contribution in [0.5, 0.6) is 0 Å². The highest BCUT2D eigenvalue weighted by Crippen LogP contribution is 2.38. The number of aromatic nitrogens is 1. The third kappa shape index (κ3) is 3.77. The van der Waals surface area contributed by atoms with E-state index in [2.05, 4.69) is 37.9 Å². The van der Waals surface area contributed by atoms with Crippen molar-refractivity contribution in [3.63, 3.8) is 0 Å². The molecule has 1 saturated heterocycles. The fraction of sp³-hybridized carbons (Fsp3) is 0.524. The second kappa shape index (κ2) is 6.97. The standard InChI is InChI=1S/C21H26BrN3O2/c1-21(2,3)27-20(26)24-7-4-5-17(13-24)25-8-6-14-11-23-12-15-9-16(22)10-18(25)19(14)15/h9-12,17H,4-8,13H2,1-3H3. The zero-order valence-electron chi connectivity index (χ0n) is 16.2. The van der Waals surface area contributed by atoms with Crippen LogP contribution in [0, 0.1) is 0 Å². The summed E-state index contributed by atoms with van der Waals surface area (Å²) in [5, 5.41) is 2.47. The van der Waals surface area contributed by atoms with E-state index >= 15 is 0 Å². The number of likely N-dealkylation sites (tertiary alicyclic amines) is 1. The van der Waals surface area contributed by atoms with Gasteiger partial charge in [-0.25, -0.2) is 4.79 Å². The Balaban J connectivity index is 1.62. The van der Waals surface area contributed by atoms with Gasteiger partial charge in [-0.3, -0.25) is 4.98 Å². The monoisotopic (exact) mass is 431 g/mol. The number of benzene rings is 1. The van der Waals surface area contributed by atoms with Gasteiger partial charge in [0.25, 0.3) is 0 Å². The van der Waals surface area contributed by atoms with Crippen molar-refractivity contribution in [1.29, 1.82) is 0 Å². The summed E-state index contributed by atoms with van der Waals surface area (Å²) in [5.41, 5.74) is 2.10. The van der Waals surface area contributed by atoms with E-state index in [9.17, 15) is 4.79 Å². The van der Waals surface area contributed by atoms with E-state index < -0.39 is 5.60 Å². The fourth-order valence-corrected chi connectivity index (χ4v) is 4.66. The molecule has 0 radical (unpaired) electrons. The van der Waals surface area contributed by atoms with Crippen LogP contribution in [0.2, 0.25) is 0 Å². The summed E-state index contributed by atoms with van der Waals surface area (Å²) in [6, 6.07) is 4.65. The van der Waals surface area contributed by atoms with Crippen LogP contribution < -0.4 is 4.90 Å². The van der Waals surface area contributed by atoms with Gasteiger partial charge in [-0.15, -0.1) is 0 Å². The Morgan fingerprint density at radius 2 is 2.07 bits per heavy atom. The molecule has 3 heterocycles. The molecule has 1 aromatic heterocycles. The number of carbonyl (C=O) groups excluding carboxylic acids is 1. The average molecular weight is 432 g/mol. The number of hydrogen-bond donors (Lipinski definition) is 0. The quantitative estimate of drug-likeness (QED) is 0.652. The first-order valence-corrected chi connectivity index (χ1v) is 10.4. The summed E-state index contributed by atoms with van der Waals surface area (Å²) in [6.45, 7) is 8.19. The Hall–Kier alpha value is -1.82. The van der Waals surface area contributed by atoms with E-state index in [0.717, 1.165) is 36.8 Å². The number of pyridine rings is 1. The summed E-state index contributed by atoms with van der Waals surface area (Å²) in [4.78, 5) is 21.3. The molecule has 0 saturated carbocycles. The lowest BCUT2D eigenvalue weighted by molar-refractivity contribution is 0.0198. The second-order valence-corrected chi connectivity index (χ2v) is 9.40. The first-order chi connectivity index (χ1) is 12.8. The van der Waals surface area contributed by atoms with Crippen LogP contribution >= 0.6 is 15.9 Å². The number of nitrogens with zero attached hydrogens (tertiary/aromatic N) is 3. The minimum atomic E-state index is -0.461. The maximum absolute atomic E-state index is 12.6. The Kier molecular flexibility index (Phi) is 4.78. The second-order valence-electron chi connectivity index (χ2n) is 8.49. The molecule has 2 aliphatic rings. The van der Waals surface area contributed by atoms with Crippen LogP contribution in [-0.4, -0.2) is 47.3 Å². The molecule has 2 aromatic rings. The maximum atomic E-state index is 12.6. The average Bonchev–Trinajstić information content (AvgIpc) is 2.60. The van der Waals surface area contributed by atoms with Crippen molar-refractivity contribution in [3.8, 4) is 0 Å². The SMILES string of the molecule is CC(C)(C)OC(=O)N1CCCC(N2CCc3cncc4cc(Br)cc2c34)C1. The molecule has 0 bridgehead atoms. The van der Waals surface area contributed by atoms with Gasteiger partial charge in [0.05, 0.1) is 0 Å². The van der Waals surface area contributed by atoms with Crippen LogP contribution in [0.4, 0.5) is 10.5 Å². The van der Waals surface area contributed by atoms with Crippen LogP contribution in [0.25, 0.3) is 10.8 Å². The number of anilines is 1. The first-order valence-electron chi connectivity index (χ1n) is 9.62. The first kappa shape index (κ1) is 18.5.